The van der Waals surface area contributed by atoms with Gasteiger partial charge >= 0.3 is 0 Å². The first-order chi connectivity index (χ1) is 58.8. The van der Waals surface area contributed by atoms with E-state index in [1.54, 1.807) is 62.3 Å². The number of rotatable bonds is 22. The van der Waals surface area contributed by atoms with Gasteiger partial charge in [-0.2, -0.15) is 0 Å². The molecule has 0 aromatic heterocycles. The van der Waals surface area contributed by atoms with Gasteiger partial charge in [0.2, 0.25) is 0 Å². The highest BCUT2D eigenvalue weighted by atomic mass is 32.2. The summed E-state index contributed by atoms with van der Waals surface area (Å²) in [5, 5.41) is 105. The van der Waals surface area contributed by atoms with Crippen molar-refractivity contribution in [2.45, 2.75) is 294 Å². The molecule has 0 amide bonds. The van der Waals surface area contributed by atoms with Gasteiger partial charge in [0.25, 0.3) is 0 Å². The second kappa shape index (κ2) is 40.5. The molecule has 0 aliphatic heterocycles. The zero-order valence-electron chi connectivity index (χ0n) is 72.9. The third-order valence-electron chi connectivity index (χ3n) is 24.9. The van der Waals surface area contributed by atoms with Gasteiger partial charge in [-0.05, 0) is 315 Å². The molecule has 10 nitrogen and oxygen atoms in total. The van der Waals surface area contributed by atoms with Crippen molar-refractivity contribution in [2.24, 2.45) is 0 Å². The average Bonchev–Trinajstić information content (AvgIpc) is 1.65. The third-order valence-corrected chi connectivity index (χ3v) is 33.8. The van der Waals surface area contributed by atoms with Crippen LogP contribution in [0.25, 0.3) is 0 Å². The van der Waals surface area contributed by atoms with Gasteiger partial charge in [-0.15, -0.1) is 0 Å². The Bertz CT molecular complexity index is 4870. The maximum absolute atomic E-state index is 11.2. The van der Waals surface area contributed by atoms with Crippen LogP contribution in [0.5, 0.6) is 0 Å². The largest absolute Gasteiger partial charge is 0.389 e. The highest BCUT2D eigenvalue weighted by Gasteiger charge is 2.40. The zero-order valence-corrected chi connectivity index (χ0v) is 76.2. The van der Waals surface area contributed by atoms with Crippen LogP contribution in [0, 0.1) is 0 Å². The second-order valence-electron chi connectivity index (χ2n) is 35.6. The summed E-state index contributed by atoms with van der Waals surface area (Å²) in [7, 11) is -1.14. The van der Waals surface area contributed by atoms with Crippen LogP contribution in [0.15, 0.2) is 362 Å². The molecule has 642 valence electrons. The van der Waals surface area contributed by atoms with Crippen LogP contribution in [0.3, 0.4) is 0 Å². The topological polar surface area (TPSA) is 202 Å². The summed E-state index contributed by atoms with van der Waals surface area (Å²) in [5.74, 6) is 0. The second-order valence-corrected chi connectivity index (χ2v) is 43.7. The summed E-state index contributed by atoms with van der Waals surface area (Å²) >= 11 is 0. The molecule has 0 bridgehead atoms. The summed E-state index contributed by atoms with van der Waals surface area (Å²) in [6, 6.07) is 105. The first-order valence-electron chi connectivity index (χ1n) is 44.0. The molecular weight excluding hydrogens is 1600 g/mol. The molecule has 0 radical (unpaired) electrons. The Kier molecular flexibility index (Phi) is 30.4. The van der Waals surface area contributed by atoms with E-state index < -0.39 is 57.5 Å². The van der Waals surface area contributed by atoms with Crippen LogP contribution in [-0.4, -0.2) is 51.1 Å². The van der Waals surface area contributed by atoms with Gasteiger partial charge in [0, 0.05) is 0 Å². The Morgan fingerprint density at radius 1 is 0.211 bits per heavy atom. The lowest BCUT2D eigenvalue weighted by Crippen LogP contribution is -2.28. The summed E-state index contributed by atoms with van der Waals surface area (Å²) in [6.07, 6.45) is 16.7. The number of benzene rings is 12. The van der Waals surface area contributed by atoms with E-state index in [1.165, 1.54) is 42.2 Å². The minimum Gasteiger partial charge on any atom is -0.389 e. The fraction of sp³-hybridized carbons (Fsp3) is 0.339. The van der Waals surface area contributed by atoms with Gasteiger partial charge in [0.1, 0.15) is 0 Å². The number of hydrogen-bond donors (Lipinski definition) is 10. The van der Waals surface area contributed by atoms with Crippen LogP contribution in [0.2, 0.25) is 0 Å². The molecule has 0 heterocycles. The van der Waals surface area contributed by atoms with Crippen molar-refractivity contribution < 1.29 is 51.1 Å². The van der Waals surface area contributed by atoms with E-state index in [1.807, 2.05) is 72.8 Å². The summed E-state index contributed by atoms with van der Waals surface area (Å²) < 4.78 is 0. The molecule has 16 rings (SSSR count). The van der Waals surface area contributed by atoms with Gasteiger partial charge in [0.05, 0.1) is 101 Å². The van der Waals surface area contributed by atoms with E-state index in [9.17, 15) is 51.1 Å². The smallest absolute Gasteiger partial charge is 0.166 e. The van der Waals surface area contributed by atoms with Crippen LogP contribution in [-0.2, 0) is 82.8 Å². The molecule has 0 spiro atoms. The normalized spacial score (nSPS) is 17.2. The van der Waals surface area contributed by atoms with Crippen LogP contribution in [0.4, 0.5) is 0 Å². The molecule has 10 N–H and O–H groups in total. The lowest BCUT2D eigenvalue weighted by atomic mass is 9.80. The third kappa shape index (κ3) is 23.1. The van der Waals surface area contributed by atoms with E-state index in [0.717, 1.165) is 188 Å². The Balaban J connectivity index is 0.000000141. The van der Waals surface area contributed by atoms with Crippen LogP contribution < -0.4 is 0 Å². The maximum Gasteiger partial charge on any atom is 0.166 e. The monoisotopic (exact) mass is 1720 g/mol. The molecule has 3 atom stereocenters. The molecule has 12 aromatic rings. The highest BCUT2D eigenvalue weighted by molar-refractivity contribution is 7.98. The summed E-state index contributed by atoms with van der Waals surface area (Å²) in [5.41, 5.74) is 4.17. The number of aliphatic hydroxyl groups excluding tert-OH is 3. The molecule has 12 aromatic carbocycles. The summed E-state index contributed by atoms with van der Waals surface area (Å²) in [6.45, 7) is 16.0. The van der Waals surface area contributed by atoms with Crippen molar-refractivity contribution in [1.29, 1.82) is 0 Å². The first-order valence-corrected chi connectivity index (χ1v) is 48.9. The first kappa shape index (κ1) is 92.3. The zero-order chi connectivity index (χ0) is 87.3. The van der Waals surface area contributed by atoms with E-state index in [4.69, 9.17) is 0 Å². The van der Waals surface area contributed by atoms with Crippen LogP contribution >= 0.6 is 0 Å². The maximum atomic E-state index is 11.2. The van der Waals surface area contributed by atoms with Crippen molar-refractivity contribution in [3.8, 4) is 0 Å². The van der Waals surface area contributed by atoms with Crippen molar-refractivity contribution in [3.05, 3.63) is 359 Å². The van der Waals surface area contributed by atoms with Crippen molar-refractivity contribution in [2.75, 3.05) is 0 Å². The summed E-state index contributed by atoms with van der Waals surface area (Å²) in [4.78, 5) is 14.5. The Labute approximate surface area is 742 Å². The molecule has 4 saturated carbocycles. The average molecular weight is 1720 g/mol. The van der Waals surface area contributed by atoms with Gasteiger partial charge in [0.15, 0.2) is 58.7 Å². The van der Waals surface area contributed by atoms with E-state index in [0.29, 0.717) is 0 Å². The van der Waals surface area contributed by atoms with Gasteiger partial charge in [-0.1, -0.05) is 222 Å². The van der Waals surface area contributed by atoms with E-state index in [2.05, 4.69) is 231 Å². The Morgan fingerprint density at radius 3 is 0.520 bits per heavy atom. The predicted octanol–water partition coefficient (Wildman–Crippen LogP) is 23.8. The standard InChI is InChI=1S/C30H35O2S.C28H31O2S.C27H33O3S.C24H27O3S/c31-29(20-6-2-7-21-29)24-12-16-27(17-13-24)33(26-10-4-1-5-11-26)28-18-14-25(15-19-28)30(32)22-8-3-9-23-30;29-27(18-4-5-19-27)22-10-14-25(15-11-22)31(24-8-2-1-3-9-24)26-16-12-23(13-17-26)28(30)20-6-7-21-28;1-25(2,28)19-7-13-22(14-8-19)31(23-15-9-20(10-16-23)26(3,4)29)24-17-11-21(12-18-24)27(5,6)30;1-16(25)19-4-10-22(11-5-19)28(23-12-6-20(7-13-23)17(2)26)24-14-8-21(9-15-24)18(3)27/h1,4-5,10-19,31-32H,2-3,6-9,20-23H2;1-3,8-17,29-30H,4-7,18-21H2;7-18,28-30H,1-6H3;4-18,25-27H,1-3H3/q4*+1. The van der Waals surface area contributed by atoms with Gasteiger partial charge < -0.3 is 51.1 Å². The SMILES string of the molecule is CC(C)(O)c1ccc([S+](c2ccc(C(C)(C)O)cc2)c2ccc(C(C)(C)O)cc2)cc1.CC(O)c1ccc([S+](c2ccc(C(C)O)cc2)c2ccc(C(C)O)cc2)cc1.OC1(c2ccc([S+](c3ccccc3)c3ccc(C4(O)CCCC4)cc3)cc2)CCCC1.OC1(c2ccc([S+](c3ccccc3)c3ccc(C4(O)CCCCC4)cc3)cc2)CCCCC1. The van der Waals surface area contributed by atoms with Crippen molar-refractivity contribution in [3.63, 3.8) is 0 Å². The highest BCUT2D eigenvalue weighted by Crippen LogP contribution is 2.46. The minimum atomic E-state index is -0.889. The predicted molar refractivity (Wildman–Crippen MR) is 502 cm³/mol. The molecule has 3 unspecified atom stereocenters. The Hall–Kier alpha value is -8.36. The molecule has 4 fully saturated rings. The van der Waals surface area contributed by atoms with E-state index in [-0.39, 0.29) is 43.6 Å². The van der Waals surface area contributed by atoms with Crippen molar-refractivity contribution >= 4 is 43.6 Å². The molecule has 4 aliphatic carbocycles. The number of aliphatic hydroxyl groups is 10. The van der Waals surface area contributed by atoms with Gasteiger partial charge in [-0.3, -0.25) is 0 Å². The fourth-order valence-corrected chi connectivity index (χ4v) is 25.6. The fourth-order valence-electron chi connectivity index (χ4n) is 17.3. The quantitative estimate of drug-likeness (QED) is 0.0291. The molecule has 4 aliphatic rings. The molecule has 14 heteroatoms. The molecule has 0 saturated heterocycles. The minimum absolute atomic E-state index is 0.225. The van der Waals surface area contributed by atoms with Gasteiger partial charge in [-0.25, -0.2) is 0 Å². The van der Waals surface area contributed by atoms with Crippen LogP contribution in [0.1, 0.15) is 252 Å². The lowest BCUT2D eigenvalue weighted by Gasteiger charge is -2.32. The molecule has 123 heavy (non-hydrogen) atoms. The van der Waals surface area contributed by atoms with Crippen molar-refractivity contribution in [1.82, 2.24) is 0 Å². The van der Waals surface area contributed by atoms with E-state index >= 15 is 0 Å². The number of hydrogen-bond acceptors (Lipinski definition) is 10. The molecular formula is C109H126O10S4+4. The lowest BCUT2D eigenvalue weighted by molar-refractivity contribution is -0.000999. The Morgan fingerprint density at radius 2 is 0.358 bits per heavy atom.